The van der Waals surface area contributed by atoms with E-state index in [1.807, 2.05) is 31.2 Å². The molecule has 37 heavy (non-hydrogen) atoms. The summed E-state index contributed by atoms with van der Waals surface area (Å²) in [7, 11) is -4.27. The van der Waals surface area contributed by atoms with Gasteiger partial charge in [-0.15, -0.1) is 0 Å². The number of nitrogens with zero attached hydrogens (tertiary/aromatic N) is 1. The topological polar surface area (TPSA) is 85.6 Å². The summed E-state index contributed by atoms with van der Waals surface area (Å²) in [6.45, 7) is 2.64. The first-order valence-corrected chi connectivity index (χ1v) is 13.3. The lowest BCUT2D eigenvalue weighted by Gasteiger charge is -2.10. The molecular formula is C29H28FNO5S. The van der Waals surface area contributed by atoms with Crippen LogP contribution in [0.2, 0.25) is 0 Å². The number of hydrogen-bond acceptors (Lipinski definition) is 4. The van der Waals surface area contributed by atoms with Gasteiger partial charge in [0.15, 0.2) is 0 Å². The van der Waals surface area contributed by atoms with Gasteiger partial charge < -0.3 is 9.30 Å². The van der Waals surface area contributed by atoms with Crippen molar-refractivity contribution in [3.63, 3.8) is 0 Å². The quantitative estimate of drug-likeness (QED) is 0.292. The van der Waals surface area contributed by atoms with E-state index in [9.17, 15) is 22.2 Å². The van der Waals surface area contributed by atoms with Crippen LogP contribution in [0.5, 0.6) is 5.75 Å². The summed E-state index contributed by atoms with van der Waals surface area (Å²) in [6.07, 6.45) is 3.48. The summed E-state index contributed by atoms with van der Waals surface area (Å²) >= 11 is 0. The summed E-state index contributed by atoms with van der Waals surface area (Å²) in [5.41, 5.74) is 4.29. The zero-order chi connectivity index (χ0) is 26.4. The molecule has 0 unspecified atom stereocenters. The van der Waals surface area contributed by atoms with Crippen molar-refractivity contribution < 1.29 is 22.1 Å². The van der Waals surface area contributed by atoms with E-state index < -0.39 is 10.1 Å². The number of aromatic nitrogens is 1. The van der Waals surface area contributed by atoms with Crippen molar-refractivity contribution in [1.82, 2.24) is 4.57 Å². The molecule has 0 radical (unpaired) electrons. The Bertz CT molecular complexity index is 1530. The molecule has 0 saturated carbocycles. The third-order valence-electron chi connectivity index (χ3n) is 6.13. The van der Waals surface area contributed by atoms with Crippen LogP contribution < -0.4 is 10.3 Å². The minimum absolute atomic E-state index is 0.0490. The van der Waals surface area contributed by atoms with Crippen LogP contribution >= 0.6 is 0 Å². The van der Waals surface area contributed by atoms with E-state index in [0.29, 0.717) is 37.1 Å². The molecule has 4 rings (SSSR count). The normalized spacial score (nSPS) is 11.4. The number of halogens is 1. The highest BCUT2D eigenvalue weighted by molar-refractivity contribution is 7.85. The zero-order valence-electron chi connectivity index (χ0n) is 20.4. The van der Waals surface area contributed by atoms with Gasteiger partial charge in [0, 0.05) is 18.8 Å². The smallest absolute Gasteiger partial charge is 0.294 e. The summed E-state index contributed by atoms with van der Waals surface area (Å²) in [5.74, 6) is 0.151. The molecule has 1 N–H and O–H groups in total. The van der Waals surface area contributed by atoms with Gasteiger partial charge >= 0.3 is 0 Å². The molecule has 0 saturated heterocycles. The Labute approximate surface area is 215 Å². The van der Waals surface area contributed by atoms with Gasteiger partial charge in [-0.25, -0.2) is 4.39 Å². The molecule has 8 heteroatoms. The van der Waals surface area contributed by atoms with Gasteiger partial charge in [0.05, 0.1) is 4.90 Å². The van der Waals surface area contributed by atoms with Crippen molar-refractivity contribution in [2.75, 3.05) is 0 Å². The second-order valence-corrected chi connectivity index (χ2v) is 10.4. The third-order valence-corrected chi connectivity index (χ3v) is 7.08. The molecule has 0 atom stereocenters. The Morgan fingerprint density at radius 1 is 0.838 bits per heavy atom. The first kappa shape index (κ1) is 26.3. The molecule has 4 aromatic rings. The van der Waals surface area contributed by atoms with Crippen LogP contribution in [0.1, 0.15) is 27.8 Å². The average molecular weight is 522 g/mol. The van der Waals surface area contributed by atoms with Gasteiger partial charge in [-0.2, -0.15) is 8.42 Å². The number of benzene rings is 3. The van der Waals surface area contributed by atoms with Crippen LogP contribution in [0.4, 0.5) is 4.39 Å². The Morgan fingerprint density at radius 3 is 2.14 bits per heavy atom. The molecule has 0 aliphatic heterocycles. The second kappa shape index (κ2) is 11.5. The van der Waals surface area contributed by atoms with Gasteiger partial charge in [0.25, 0.3) is 15.7 Å². The third kappa shape index (κ3) is 7.38. The first-order chi connectivity index (χ1) is 17.7. The van der Waals surface area contributed by atoms with Crippen molar-refractivity contribution in [3.05, 3.63) is 129 Å². The first-order valence-electron chi connectivity index (χ1n) is 11.9. The van der Waals surface area contributed by atoms with Crippen LogP contribution in [0.15, 0.2) is 94.7 Å². The molecule has 3 aromatic carbocycles. The summed E-state index contributed by atoms with van der Waals surface area (Å²) < 4.78 is 53.1. The van der Waals surface area contributed by atoms with E-state index in [4.69, 9.17) is 4.74 Å². The predicted octanol–water partition coefficient (Wildman–Crippen LogP) is 5.15. The fraction of sp³-hybridized carbons (Fsp3) is 0.207. The molecule has 0 aliphatic carbocycles. The van der Waals surface area contributed by atoms with Crippen LogP contribution in [-0.4, -0.2) is 17.5 Å². The maximum Gasteiger partial charge on any atom is 0.294 e. The number of ether oxygens (including phenoxy) is 1. The van der Waals surface area contributed by atoms with Crippen molar-refractivity contribution in [2.24, 2.45) is 0 Å². The highest BCUT2D eigenvalue weighted by Gasteiger charge is 2.15. The molecule has 0 bridgehead atoms. The monoisotopic (exact) mass is 521 g/mol. The minimum atomic E-state index is -4.27. The molecule has 1 aromatic heterocycles. The van der Waals surface area contributed by atoms with E-state index in [2.05, 4.69) is 0 Å². The fourth-order valence-corrected chi connectivity index (χ4v) is 4.80. The number of pyridine rings is 1. The maximum atomic E-state index is 13.0. The number of rotatable bonds is 10. The Balaban J connectivity index is 1.31. The molecule has 0 spiro atoms. The van der Waals surface area contributed by atoms with E-state index in [1.165, 1.54) is 24.3 Å². The second-order valence-electron chi connectivity index (χ2n) is 8.96. The Morgan fingerprint density at radius 2 is 1.49 bits per heavy atom. The maximum absolute atomic E-state index is 13.0. The standard InChI is InChI=1S/C29H28FNO5S/c1-21-2-13-28(37(33,34)35)25(18-21)10-7-22-3-5-23(6-4-22)14-16-31-17-15-27(19-29(31)32)36-20-24-8-11-26(30)12-9-24/h2-6,8-9,11-13,15,17-19H,7,10,14,16,20H2,1H3,(H,33,34,35). The van der Waals surface area contributed by atoms with Crippen LogP contribution in [-0.2, 0) is 42.5 Å². The molecule has 0 aliphatic rings. The predicted molar refractivity (Wildman–Crippen MR) is 140 cm³/mol. The van der Waals surface area contributed by atoms with Crippen molar-refractivity contribution in [1.29, 1.82) is 0 Å². The Kier molecular flexibility index (Phi) is 8.21. The lowest BCUT2D eigenvalue weighted by molar-refractivity contribution is 0.304. The van der Waals surface area contributed by atoms with E-state index in [1.54, 1.807) is 41.1 Å². The highest BCUT2D eigenvalue weighted by Crippen LogP contribution is 2.20. The fourth-order valence-electron chi connectivity index (χ4n) is 4.07. The molecule has 192 valence electrons. The van der Waals surface area contributed by atoms with Crippen LogP contribution in [0, 0.1) is 12.7 Å². The van der Waals surface area contributed by atoms with E-state index in [-0.39, 0.29) is 22.9 Å². The largest absolute Gasteiger partial charge is 0.489 e. The van der Waals surface area contributed by atoms with E-state index >= 15 is 0 Å². The highest BCUT2D eigenvalue weighted by atomic mass is 32.2. The Hall–Kier alpha value is -3.75. The average Bonchev–Trinajstić information content (AvgIpc) is 2.86. The summed E-state index contributed by atoms with van der Waals surface area (Å²) in [5, 5.41) is 0. The molecular weight excluding hydrogens is 493 g/mol. The van der Waals surface area contributed by atoms with Crippen LogP contribution in [0.3, 0.4) is 0 Å². The number of aryl methyl sites for hydroxylation is 5. The minimum Gasteiger partial charge on any atom is -0.489 e. The lowest BCUT2D eigenvalue weighted by atomic mass is 10.0. The summed E-state index contributed by atoms with van der Waals surface area (Å²) in [6, 6.07) is 22.1. The van der Waals surface area contributed by atoms with Crippen LogP contribution in [0.25, 0.3) is 0 Å². The van der Waals surface area contributed by atoms with E-state index in [0.717, 1.165) is 22.3 Å². The van der Waals surface area contributed by atoms with Gasteiger partial charge in [0.2, 0.25) is 0 Å². The van der Waals surface area contributed by atoms with Crippen molar-refractivity contribution >= 4 is 10.1 Å². The van der Waals surface area contributed by atoms with Crippen molar-refractivity contribution in [3.8, 4) is 5.75 Å². The van der Waals surface area contributed by atoms with Crippen molar-refractivity contribution in [2.45, 2.75) is 44.2 Å². The van der Waals surface area contributed by atoms with Gasteiger partial charge in [-0.3, -0.25) is 9.35 Å². The molecule has 0 amide bonds. The molecule has 1 heterocycles. The van der Waals surface area contributed by atoms with Gasteiger partial charge in [-0.1, -0.05) is 54.1 Å². The van der Waals surface area contributed by atoms with Gasteiger partial charge in [-0.05, 0) is 72.7 Å². The van der Waals surface area contributed by atoms with Gasteiger partial charge in [0.1, 0.15) is 18.2 Å². The molecule has 0 fully saturated rings. The zero-order valence-corrected chi connectivity index (χ0v) is 21.2. The number of hydrogen-bond donors (Lipinski definition) is 1. The SMILES string of the molecule is Cc1ccc(S(=O)(=O)O)c(CCc2ccc(CCn3ccc(OCc4ccc(F)cc4)cc3=O)cc2)c1. The molecule has 6 nitrogen and oxygen atoms in total. The summed E-state index contributed by atoms with van der Waals surface area (Å²) in [4.78, 5) is 12.4. The lowest BCUT2D eigenvalue weighted by Crippen LogP contribution is -2.19.